The fraction of sp³-hybridized carbons (Fsp3) is 0.350. The van der Waals surface area contributed by atoms with Crippen LogP contribution in [-0.2, 0) is 6.42 Å². The second kappa shape index (κ2) is 9.89. The van der Waals surface area contributed by atoms with Gasteiger partial charge in [-0.15, -0.1) is 0 Å². The lowest BCUT2D eigenvalue weighted by Crippen LogP contribution is -2.29. The van der Waals surface area contributed by atoms with Crippen molar-refractivity contribution in [2.45, 2.75) is 32.8 Å². The minimum atomic E-state index is 0.193. The van der Waals surface area contributed by atoms with Crippen LogP contribution >= 0.6 is 12.2 Å². The Balaban J connectivity index is 1.70. The highest BCUT2D eigenvalue weighted by Crippen LogP contribution is 2.16. The summed E-state index contributed by atoms with van der Waals surface area (Å²) in [6, 6.07) is 15.9. The number of ether oxygens (including phenoxy) is 2. The molecular formula is C20H26N2O2S. The maximum absolute atomic E-state index is 5.73. The minimum Gasteiger partial charge on any atom is -0.497 e. The maximum atomic E-state index is 5.73. The summed E-state index contributed by atoms with van der Waals surface area (Å²) in [5, 5.41) is 7.03. The molecule has 0 bridgehead atoms. The molecule has 0 unspecified atom stereocenters. The molecule has 2 aromatic carbocycles. The minimum absolute atomic E-state index is 0.193. The van der Waals surface area contributed by atoms with E-state index < -0.39 is 0 Å². The van der Waals surface area contributed by atoms with Crippen LogP contribution in [0.1, 0.15) is 25.8 Å². The number of nitrogens with one attached hydrogen (secondary N) is 2. The lowest BCUT2D eigenvalue weighted by atomic mass is 10.1. The van der Waals surface area contributed by atoms with Gasteiger partial charge in [-0.1, -0.05) is 12.1 Å². The zero-order valence-electron chi connectivity index (χ0n) is 15.0. The van der Waals surface area contributed by atoms with E-state index in [1.54, 1.807) is 7.11 Å². The van der Waals surface area contributed by atoms with Crippen LogP contribution in [0.25, 0.3) is 0 Å². The van der Waals surface area contributed by atoms with E-state index in [0.29, 0.717) is 5.11 Å². The van der Waals surface area contributed by atoms with E-state index >= 15 is 0 Å². The fourth-order valence-electron chi connectivity index (χ4n) is 2.39. The third kappa shape index (κ3) is 7.01. The Bertz CT molecular complexity index is 672. The summed E-state index contributed by atoms with van der Waals surface area (Å²) in [5.74, 6) is 1.75. The molecule has 0 aliphatic rings. The van der Waals surface area contributed by atoms with E-state index in [1.165, 1.54) is 5.56 Å². The van der Waals surface area contributed by atoms with Gasteiger partial charge in [-0.25, -0.2) is 0 Å². The van der Waals surface area contributed by atoms with Gasteiger partial charge in [-0.05, 0) is 80.9 Å². The number of aryl methyl sites for hydroxylation is 1. The molecule has 0 radical (unpaired) electrons. The van der Waals surface area contributed by atoms with Crippen LogP contribution in [0.4, 0.5) is 5.69 Å². The molecule has 5 heteroatoms. The second-order valence-corrected chi connectivity index (χ2v) is 6.44. The predicted octanol–water partition coefficient (Wildman–Crippen LogP) is 4.40. The van der Waals surface area contributed by atoms with Crippen LogP contribution in [0.3, 0.4) is 0 Å². The zero-order chi connectivity index (χ0) is 18.1. The summed E-state index contributed by atoms with van der Waals surface area (Å²) in [4.78, 5) is 0. The van der Waals surface area contributed by atoms with Crippen molar-refractivity contribution in [3.05, 3.63) is 54.1 Å². The van der Waals surface area contributed by atoms with Crippen molar-refractivity contribution in [1.29, 1.82) is 0 Å². The Hall–Kier alpha value is -2.27. The van der Waals surface area contributed by atoms with Crippen LogP contribution in [0.5, 0.6) is 11.5 Å². The molecule has 0 aromatic heterocycles. The van der Waals surface area contributed by atoms with Crippen LogP contribution in [0, 0.1) is 0 Å². The molecule has 4 nitrogen and oxygen atoms in total. The van der Waals surface area contributed by atoms with Crippen molar-refractivity contribution >= 4 is 23.0 Å². The Labute approximate surface area is 155 Å². The molecule has 0 heterocycles. The van der Waals surface area contributed by atoms with E-state index in [1.807, 2.05) is 50.2 Å². The molecule has 134 valence electrons. The number of hydrogen-bond donors (Lipinski definition) is 2. The van der Waals surface area contributed by atoms with Crippen molar-refractivity contribution in [3.63, 3.8) is 0 Å². The molecule has 0 spiro atoms. The molecule has 0 atom stereocenters. The van der Waals surface area contributed by atoms with Gasteiger partial charge >= 0.3 is 0 Å². The molecule has 0 amide bonds. The molecule has 0 saturated heterocycles. The zero-order valence-corrected chi connectivity index (χ0v) is 15.9. The van der Waals surface area contributed by atoms with Crippen LogP contribution in [0.2, 0.25) is 0 Å². The second-order valence-electron chi connectivity index (χ2n) is 6.03. The van der Waals surface area contributed by atoms with Crippen LogP contribution in [-0.4, -0.2) is 24.9 Å². The number of methoxy groups -OCH3 is 1. The lowest BCUT2D eigenvalue weighted by Gasteiger charge is -2.12. The van der Waals surface area contributed by atoms with Crippen LogP contribution < -0.4 is 20.1 Å². The molecule has 2 N–H and O–H groups in total. The van der Waals surface area contributed by atoms with E-state index in [-0.39, 0.29) is 6.10 Å². The number of rotatable bonds is 8. The van der Waals surface area contributed by atoms with Gasteiger partial charge in [-0.2, -0.15) is 0 Å². The highest BCUT2D eigenvalue weighted by molar-refractivity contribution is 7.80. The standard InChI is InChI=1S/C20H26N2O2S/c1-15(2)24-19-8-4-6-16(14-19)7-5-13-21-20(25)22-17-9-11-18(23-3)12-10-17/h4,6,8-12,14-15H,5,7,13H2,1-3H3,(H2,21,22,25). The van der Waals surface area contributed by atoms with E-state index in [2.05, 4.69) is 22.8 Å². The molecule has 25 heavy (non-hydrogen) atoms. The lowest BCUT2D eigenvalue weighted by molar-refractivity contribution is 0.242. The van der Waals surface area contributed by atoms with Gasteiger partial charge < -0.3 is 20.1 Å². The third-order valence-electron chi connectivity index (χ3n) is 3.55. The maximum Gasteiger partial charge on any atom is 0.170 e. The number of benzene rings is 2. The SMILES string of the molecule is COc1ccc(NC(=S)NCCCc2cccc(OC(C)C)c2)cc1. The Morgan fingerprint density at radius 2 is 1.84 bits per heavy atom. The van der Waals surface area contributed by atoms with Gasteiger partial charge in [0.25, 0.3) is 0 Å². The Morgan fingerprint density at radius 3 is 2.52 bits per heavy atom. The van der Waals surface area contributed by atoms with Gasteiger partial charge in [0.15, 0.2) is 5.11 Å². The quantitative estimate of drug-likeness (QED) is 0.541. The average molecular weight is 359 g/mol. The number of hydrogen-bond acceptors (Lipinski definition) is 3. The van der Waals surface area contributed by atoms with Crippen molar-refractivity contribution in [3.8, 4) is 11.5 Å². The molecule has 2 rings (SSSR count). The van der Waals surface area contributed by atoms with Crippen molar-refractivity contribution in [2.24, 2.45) is 0 Å². The first-order valence-electron chi connectivity index (χ1n) is 8.51. The van der Waals surface area contributed by atoms with Crippen LogP contribution in [0.15, 0.2) is 48.5 Å². The number of thiocarbonyl (C=S) groups is 1. The first kappa shape index (κ1) is 19.1. The molecular weight excluding hydrogens is 332 g/mol. The topological polar surface area (TPSA) is 42.5 Å². The molecule has 0 aliphatic heterocycles. The smallest absolute Gasteiger partial charge is 0.170 e. The first-order chi connectivity index (χ1) is 12.1. The van der Waals surface area contributed by atoms with Gasteiger partial charge in [0.2, 0.25) is 0 Å². The van der Waals surface area contributed by atoms with E-state index in [9.17, 15) is 0 Å². The summed E-state index contributed by atoms with van der Waals surface area (Å²) < 4.78 is 10.9. The van der Waals surface area contributed by atoms with Gasteiger partial charge in [0.1, 0.15) is 11.5 Å². The van der Waals surface area contributed by atoms with Gasteiger partial charge in [-0.3, -0.25) is 0 Å². The van der Waals surface area contributed by atoms with Crippen molar-refractivity contribution < 1.29 is 9.47 Å². The molecule has 0 aliphatic carbocycles. The largest absolute Gasteiger partial charge is 0.497 e. The summed E-state index contributed by atoms with van der Waals surface area (Å²) in [6.07, 6.45) is 2.17. The summed E-state index contributed by atoms with van der Waals surface area (Å²) in [7, 11) is 1.65. The highest BCUT2D eigenvalue weighted by Gasteiger charge is 2.01. The van der Waals surface area contributed by atoms with Gasteiger partial charge in [0.05, 0.1) is 13.2 Å². The first-order valence-corrected chi connectivity index (χ1v) is 8.92. The van der Waals surface area contributed by atoms with Crippen molar-refractivity contribution in [1.82, 2.24) is 5.32 Å². The average Bonchev–Trinajstić information content (AvgIpc) is 2.59. The molecule has 2 aromatic rings. The fourth-order valence-corrected chi connectivity index (χ4v) is 2.61. The normalized spacial score (nSPS) is 10.4. The van der Waals surface area contributed by atoms with E-state index in [4.69, 9.17) is 21.7 Å². The summed E-state index contributed by atoms with van der Waals surface area (Å²) in [5.41, 5.74) is 2.21. The Kier molecular flexibility index (Phi) is 7.54. The predicted molar refractivity (Wildman–Crippen MR) is 108 cm³/mol. The monoisotopic (exact) mass is 358 g/mol. The highest BCUT2D eigenvalue weighted by atomic mass is 32.1. The Morgan fingerprint density at radius 1 is 1.08 bits per heavy atom. The summed E-state index contributed by atoms with van der Waals surface area (Å²) in [6.45, 7) is 4.89. The van der Waals surface area contributed by atoms with Crippen molar-refractivity contribution in [2.75, 3.05) is 19.0 Å². The van der Waals surface area contributed by atoms with E-state index in [0.717, 1.165) is 36.6 Å². The summed E-state index contributed by atoms with van der Waals surface area (Å²) >= 11 is 5.32. The number of anilines is 1. The van der Waals surface area contributed by atoms with Gasteiger partial charge in [0, 0.05) is 12.2 Å². The third-order valence-corrected chi connectivity index (χ3v) is 3.79. The molecule has 0 saturated carbocycles. The molecule has 0 fully saturated rings.